The minimum Gasteiger partial charge on any atom is -0.339 e. The Labute approximate surface area is 159 Å². The maximum absolute atomic E-state index is 12.6. The van der Waals surface area contributed by atoms with Gasteiger partial charge in [0.05, 0.1) is 4.90 Å². The lowest BCUT2D eigenvalue weighted by Crippen LogP contribution is -2.59. The summed E-state index contributed by atoms with van der Waals surface area (Å²) < 4.78 is 28.2. The van der Waals surface area contributed by atoms with Crippen molar-refractivity contribution in [2.45, 2.75) is 36.6 Å². The molecule has 1 saturated heterocycles. The molecule has 7 heteroatoms. The fourth-order valence-corrected chi connectivity index (χ4v) is 5.56. The van der Waals surface area contributed by atoms with E-state index in [1.165, 1.54) is 0 Å². The van der Waals surface area contributed by atoms with Gasteiger partial charge in [0.2, 0.25) is 10.0 Å². The van der Waals surface area contributed by atoms with Crippen molar-refractivity contribution >= 4 is 15.9 Å². The number of likely N-dealkylation sites (tertiary alicyclic amines) is 1. The van der Waals surface area contributed by atoms with Crippen LogP contribution in [-0.2, 0) is 10.0 Å². The van der Waals surface area contributed by atoms with Gasteiger partial charge in [-0.25, -0.2) is 13.1 Å². The summed E-state index contributed by atoms with van der Waals surface area (Å²) in [5.74, 6) is 0.0213. The van der Waals surface area contributed by atoms with Gasteiger partial charge in [-0.05, 0) is 55.4 Å². The van der Waals surface area contributed by atoms with Crippen LogP contribution in [0.2, 0.25) is 0 Å². The summed E-state index contributed by atoms with van der Waals surface area (Å²) >= 11 is 0. The number of piperidine rings is 1. The molecule has 1 aromatic heterocycles. The van der Waals surface area contributed by atoms with Gasteiger partial charge >= 0.3 is 0 Å². The molecule has 2 heterocycles. The molecule has 1 N–H and O–H groups in total. The highest BCUT2D eigenvalue weighted by Gasteiger charge is 2.50. The number of carbonyl (C=O) groups excluding carboxylic acids is 1. The van der Waals surface area contributed by atoms with E-state index < -0.39 is 10.0 Å². The first kappa shape index (κ1) is 18.1. The van der Waals surface area contributed by atoms with E-state index in [1.54, 1.807) is 54.9 Å². The molecule has 1 atom stereocenters. The summed E-state index contributed by atoms with van der Waals surface area (Å²) in [5, 5.41) is 0. The zero-order valence-corrected chi connectivity index (χ0v) is 15.9. The maximum Gasteiger partial charge on any atom is 0.253 e. The van der Waals surface area contributed by atoms with E-state index in [1.807, 2.05) is 4.90 Å². The number of pyridine rings is 1. The summed E-state index contributed by atoms with van der Waals surface area (Å²) in [7, 11) is -3.51. The van der Waals surface area contributed by atoms with Crippen LogP contribution in [0.3, 0.4) is 0 Å². The molecule has 142 valence electrons. The van der Waals surface area contributed by atoms with Crippen molar-refractivity contribution in [2.75, 3.05) is 13.1 Å². The van der Waals surface area contributed by atoms with Gasteiger partial charge in [-0.15, -0.1) is 0 Å². The van der Waals surface area contributed by atoms with Crippen molar-refractivity contribution in [1.82, 2.24) is 14.6 Å². The van der Waals surface area contributed by atoms with Gasteiger partial charge in [0, 0.05) is 37.1 Å². The van der Waals surface area contributed by atoms with E-state index in [2.05, 4.69) is 9.71 Å². The van der Waals surface area contributed by atoms with Crippen LogP contribution in [0.4, 0.5) is 0 Å². The largest absolute Gasteiger partial charge is 0.339 e. The molecule has 6 nitrogen and oxygen atoms in total. The molecular formula is C20H23N3O3S. The highest BCUT2D eigenvalue weighted by atomic mass is 32.2. The van der Waals surface area contributed by atoms with Crippen molar-refractivity contribution in [3.63, 3.8) is 0 Å². The Hall–Kier alpha value is -2.25. The van der Waals surface area contributed by atoms with Crippen molar-refractivity contribution in [3.05, 3.63) is 60.4 Å². The van der Waals surface area contributed by atoms with E-state index in [-0.39, 0.29) is 17.4 Å². The van der Waals surface area contributed by atoms with E-state index >= 15 is 0 Å². The Kier molecular flexibility index (Phi) is 4.74. The Morgan fingerprint density at radius 2 is 1.70 bits per heavy atom. The number of nitrogens with zero attached hydrogens (tertiary/aromatic N) is 2. The van der Waals surface area contributed by atoms with Gasteiger partial charge in [0.15, 0.2) is 0 Å². The number of rotatable bonds is 4. The molecule has 0 radical (unpaired) electrons. The molecule has 1 aliphatic heterocycles. The normalized spacial score (nSPS) is 21.6. The van der Waals surface area contributed by atoms with E-state index in [4.69, 9.17) is 0 Å². The van der Waals surface area contributed by atoms with Crippen LogP contribution in [0.5, 0.6) is 0 Å². The number of sulfonamides is 1. The van der Waals surface area contributed by atoms with Crippen molar-refractivity contribution in [2.24, 2.45) is 5.41 Å². The number of hydrogen-bond donors (Lipinski definition) is 1. The predicted octanol–water partition coefficient (Wildman–Crippen LogP) is 2.44. The molecule has 1 saturated carbocycles. The molecule has 0 unspecified atom stereocenters. The molecular weight excluding hydrogens is 362 g/mol. The zero-order chi connectivity index (χ0) is 18.9. The van der Waals surface area contributed by atoms with Crippen LogP contribution in [-0.4, -0.2) is 43.3 Å². The van der Waals surface area contributed by atoms with Gasteiger partial charge < -0.3 is 4.90 Å². The molecule has 0 bridgehead atoms. The number of carbonyl (C=O) groups is 1. The maximum atomic E-state index is 12.6. The Bertz CT molecular complexity index is 908. The first-order valence-corrected chi connectivity index (χ1v) is 10.8. The number of hydrogen-bond acceptors (Lipinski definition) is 4. The lowest BCUT2D eigenvalue weighted by atomic mass is 9.59. The Morgan fingerprint density at radius 3 is 2.30 bits per heavy atom. The predicted molar refractivity (Wildman–Crippen MR) is 102 cm³/mol. The van der Waals surface area contributed by atoms with E-state index in [0.717, 1.165) is 25.7 Å². The Balaban J connectivity index is 1.41. The summed E-state index contributed by atoms with van der Waals surface area (Å²) in [5.41, 5.74) is 0.618. The van der Waals surface area contributed by atoms with Crippen molar-refractivity contribution in [3.8, 4) is 0 Å². The molecule has 2 fully saturated rings. The topological polar surface area (TPSA) is 79.4 Å². The van der Waals surface area contributed by atoms with Gasteiger partial charge in [0.1, 0.15) is 0 Å². The fourth-order valence-electron chi connectivity index (χ4n) is 4.17. The van der Waals surface area contributed by atoms with Gasteiger partial charge in [-0.1, -0.05) is 18.2 Å². The average Bonchev–Trinajstić information content (AvgIpc) is 2.72. The molecule has 2 aliphatic rings. The lowest BCUT2D eigenvalue weighted by Gasteiger charge is -2.53. The summed E-state index contributed by atoms with van der Waals surface area (Å²) in [6, 6.07) is 11.9. The third kappa shape index (κ3) is 3.49. The lowest BCUT2D eigenvalue weighted by molar-refractivity contribution is 0.00509. The smallest absolute Gasteiger partial charge is 0.253 e. The molecule has 1 spiro atoms. The molecule has 4 rings (SSSR count). The van der Waals surface area contributed by atoms with Crippen LogP contribution >= 0.6 is 0 Å². The van der Waals surface area contributed by atoms with Crippen LogP contribution in [0, 0.1) is 5.41 Å². The second-order valence-corrected chi connectivity index (χ2v) is 9.13. The molecule has 27 heavy (non-hydrogen) atoms. The standard InChI is InChI=1S/C20H23N3O3S/c24-19(16-7-12-21-13-8-16)23-14-10-20(11-15-23)9-6-18(20)22-27(25,26)17-4-2-1-3-5-17/h1-5,7-8,12-13,18,22H,6,9-11,14-15H2/t18-/m1/s1. The van der Waals surface area contributed by atoms with Crippen LogP contribution in [0.25, 0.3) is 0 Å². The van der Waals surface area contributed by atoms with Crippen molar-refractivity contribution < 1.29 is 13.2 Å². The molecule has 1 amide bonds. The highest BCUT2D eigenvalue weighted by Crippen LogP contribution is 2.49. The monoisotopic (exact) mass is 385 g/mol. The number of benzene rings is 1. The SMILES string of the molecule is O=C(c1ccncc1)N1CCC2(CC[C@H]2NS(=O)(=O)c2ccccc2)CC1. The Morgan fingerprint density at radius 1 is 1.04 bits per heavy atom. The first-order chi connectivity index (χ1) is 13.0. The molecule has 1 aromatic carbocycles. The summed E-state index contributed by atoms with van der Waals surface area (Å²) in [4.78, 5) is 18.7. The van der Waals surface area contributed by atoms with Gasteiger partial charge in [-0.3, -0.25) is 9.78 Å². The van der Waals surface area contributed by atoms with Crippen LogP contribution < -0.4 is 4.72 Å². The molecule has 2 aromatic rings. The quantitative estimate of drug-likeness (QED) is 0.877. The third-order valence-corrected chi connectivity index (χ3v) is 7.48. The summed E-state index contributed by atoms with van der Waals surface area (Å²) in [6.07, 6.45) is 6.76. The van der Waals surface area contributed by atoms with Gasteiger partial charge in [0.25, 0.3) is 5.91 Å². The minimum absolute atomic E-state index is 0.0213. The zero-order valence-electron chi connectivity index (χ0n) is 15.0. The minimum atomic E-state index is -3.51. The fraction of sp³-hybridized carbons (Fsp3) is 0.400. The second kappa shape index (κ2) is 7.05. The average molecular weight is 385 g/mol. The van der Waals surface area contributed by atoms with Crippen LogP contribution in [0.15, 0.2) is 59.8 Å². The van der Waals surface area contributed by atoms with Crippen molar-refractivity contribution in [1.29, 1.82) is 0 Å². The highest BCUT2D eigenvalue weighted by molar-refractivity contribution is 7.89. The van der Waals surface area contributed by atoms with Crippen LogP contribution in [0.1, 0.15) is 36.0 Å². The van der Waals surface area contributed by atoms with Gasteiger partial charge in [-0.2, -0.15) is 0 Å². The van der Waals surface area contributed by atoms with E-state index in [0.29, 0.717) is 23.5 Å². The van der Waals surface area contributed by atoms with E-state index in [9.17, 15) is 13.2 Å². The number of aromatic nitrogens is 1. The number of nitrogens with one attached hydrogen (secondary N) is 1. The first-order valence-electron chi connectivity index (χ1n) is 9.27. The third-order valence-electron chi connectivity index (χ3n) is 5.99. The number of amides is 1. The molecule has 1 aliphatic carbocycles. The summed E-state index contributed by atoms with van der Waals surface area (Å²) in [6.45, 7) is 1.31. The second-order valence-electron chi connectivity index (χ2n) is 7.42.